The highest BCUT2D eigenvalue weighted by atomic mass is 32.2. The first kappa shape index (κ1) is 15.0. The lowest BCUT2D eigenvalue weighted by Crippen LogP contribution is -1.90. The summed E-state index contributed by atoms with van der Waals surface area (Å²) in [6.07, 6.45) is 1.82. The monoisotopic (exact) mass is 329 g/mol. The molecule has 0 saturated heterocycles. The average Bonchev–Trinajstić information content (AvgIpc) is 2.56. The molecule has 0 spiro atoms. The van der Waals surface area contributed by atoms with Gasteiger partial charge < -0.3 is 9.46 Å². The zero-order chi connectivity index (χ0) is 15.4. The van der Waals surface area contributed by atoms with Gasteiger partial charge in [-0.25, -0.2) is 0 Å². The van der Waals surface area contributed by atoms with Gasteiger partial charge in [0.1, 0.15) is 5.75 Å². The van der Waals surface area contributed by atoms with Gasteiger partial charge >= 0.3 is 0 Å². The van der Waals surface area contributed by atoms with Crippen molar-refractivity contribution in [2.45, 2.75) is 9.79 Å². The topological polar surface area (TPSA) is 60.2 Å². The number of ether oxygens (including phenoxy) is 1. The third-order valence-corrected chi connectivity index (χ3v) is 4.61. The second kappa shape index (κ2) is 6.91. The predicted octanol–water partition coefficient (Wildman–Crippen LogP) is 4.33. The van der Waals surface area contributed by atoms with Gasteiger partial charge in [-0.15, -0.1) is 0 Å². The van der Waals surface area contributed by atoms with Crippen LogP contribution in [-0.4, -0.2) is 12.1 Å². The molecule has 3 N–H and O–H groups in total. The first-order chi connectivity index (χ1) is 10.8. The molecule has 1 heterocycles. The summed E-state index contributed by atoms with van der Waals surface area (Å²) in [7, 11) is 1.66. The number of pyridine rings is 1. The minimum atomic E-state index is 0.817. The fraction of sp³-hybridized carbons (Fsp3) is 0.0625. The van der Waals surface area contributed by atoms with E-state index in [0.717, 1.165) is 39.4 Å². The third kappa shape index (κ3) is 3.30. The number of hydrogen-bond donors (Lipinski definition) is 2. The van der Waals surface area contributed by atoms with Crippen molar-refractivity contribution >= 4 is 40.5 Å². The van der Waals surface area contributed by atoms with E-state index in [1.807, 2.05) is 42.6 Å². The molecule has 1 aromatic heterocycles. The van der Waals surface area contributed by atoms with Crippen molar-refractivity contribution in [2.75, 3.05) is 11.8 Å². The predicted molar refractivity (Wildman–Crippen MR) is 94.3 cm³/mol. The molecular formula is C16H15N3OS2. The number of nitrogens with zero attached hydrogens (tertiary/aromatic N) is 1. The Labute approximate surface area is 137 Å². The minimum Gasteiger partial charge on any atom is -0.497 e. The lowest BCUT2D eigenvalue weighted by atomic mass is 10.2. The molecule has 0 atom stereocenters. The lowest BCUT2D eigenvalue weighted by molar-refractivity contribution is 0.415. The molecular weight excluding hydrogens is 314 g/mol. The van der Waals surface area contributed by atoms with Gasteiger partial charge in [0.25, 0.3) is 0 Å². The molecule has 0 aliphatic rings. The Morgan fingerprint density at radius 3 is 2.64 bits per heavy atom. The average molecular weight is 329 g/mol. The van der Waals surface area contributed by atoms with Crippen LogP contribution in [0.4, 0.5) is 5.69 Å². The number of methoxy groups -OCH3 is 1. The Kier molecular flexibility index (Phi) is 4.72. The molecule has 112 valence electrons. The summed E-state index contributed by atoms with van der Waals surface area (Å²) in [4.78, 5) is 6.74. The molecule has 0 saturated carbocycles. The van der Waals surface area contributed by atoms with E-state index in [1.54, 1.807) is 18.9 Å². The number of nitrogens with two attached hydrogens (primary N) is 1. The normalized spacial score (nSPS) is 10.6. The molecule has 0 aliphatic heterocycles. The molecule has 0 fully saturated rings. The van der Waals surface area contributed by atoms with Gasteiger partial charge in [0.2, 0.25) is 0 Å². The Morgan fingerprint density at radius 1 is 1.09 bits per heavy atom. The third-order valence-electron chi connectivity index (χ3n) is 3.17. The van der Waals surface area contributed by atoms with Crippen molar-refractivity contribution in [3.63, 3.8) is 0 Å². The fourth-order valence-corrected chi connectivity index (χ4v) is 3.31. The molecule has 0 aliphatic carbocycles. The van der Waals surface area contributed by atoms with Crippen LogP contribution in [0, 0.1) is 0 Å². The summed E-state index contributed by atoms with van der Waals surface area (Å²) in [5.74, 6) is 0.817. The number of nitrogens with one attached hydrogen (secondary N) is 1. The van der Waals surface area contributed by atoms with Crippen LogP contribution in [0.5, 0.6) is 5.75 Å². The Hall–Kier alpha value is -1.89. The van der Waals surface area contributed by atoms with Crippen LogP contribution < -0.4 is 14.6 Å². The van der Waals surface area contributed by atoms with Crippen LogP contribution in [0.2, 0.25) is 0 Å². The fourth-order valence-electron chi connectivity index (χ4n) is 2.10. The second-order valence-electron chi connectivity index (χ2n) is 4.54. The van der Waals surface area contributed by atoms with E-state index in [1.165, 1.54) is 4.90 Å². The van der Waals surface area contributed by atoms with Gasteiger partial charge in [0.15, 0.2) is 0 Å². The zero-order valence-electron chi connectivity index (χ0n) is 11.9. The van der Waals surface area contributed by atoms with Crippen molar-refractivity contribution in [3.05, 3.63) is 54.7 Å². The van der Waals surface area contributed by atoms with E-state index in [-0.39, 0.29) is 0 Å². The van der Waals surface area contributed by atoms with Crippen molar-refractivity contribution in [1.29, 1.82) is 0 Å². The molecule has 0 radical (unpaired) electrons. The zero-order valence-corrected chi connectivity index (χ0v) is 13.6. The smallest absolute Gasteiger partial charge is 0.121 e. The molecule has 0 unspecified atom stereocenters. The standard InChI is InChI=1S/C16H15N3OS2/c1-20-12-4-7-14-15(10-12)18-9-8-16(14)21-13-5-2-11(3-6-13)19-22-17/h2-10,19H,17H2,1H3. The maximum absolute atomic E-state index is 5.39. The number of fused-ring (bicyclic) bond motifs is 1. The van der Waals surface area contributed by atoms with Crippen LogP contribution >= 0.6 is 23.9 Å². The van der Waals surface area contributed by atoms with Crippen molar-refractivity contribution in [3.8, 4) is 5.75 Å². The number of rotatable bonds is 5. The van der Waals surface area contributed by atoms with Crippen molar-refractivity contribution in [2.24, 2.45) is 5.14 Å². The van der Waals surface area contributed by atoms with Crippen LogP contribution in [-0.2, 0) is 0 Å². The second-order valence-corrected chi connectivity index (χ2v) is 6.09. The SMILES string of the molecule is COc1ccc2c(Sc3ccc(NSN)cc3)ccnc2c1. The highest BCUT2D eigenvalue weighted by molar-refractivity contribution is 7.99. The molecule has 0 bridgehead atoms. The van der Waals surface area contributed by atoms with Gasteiger partial charge in [0.05, 0.1) is 12.6 Å². The van der Waals surface area contributed by atoms with Crippen molar-refractivity contribution < 1.29 is 4.74 Å². The summed E-state index contributed by atoms with van der Waals surface area (Å²) in [6, 6.07) is 16.1. The summed E-state index contributed by atoms with van der Waals surface area (Å²) in [5, 5.41) is 6.51. The van der Waals surface area contributed by atoms with E-state index in [9.17, 15) is 0 Å². The van der Waals surface area contributed by atoms with Gasteiger partial charge in [-0.2, -0.15) is 0 Å². The number of aromatic nitrogens is 1. The van der Waals surface area contributed by atoms with E-state index in [2.05, 4.69) is 21.8 Å². The van der Waals surface area contributed by atoms with Gasteiger partial charge in [-0.05, 0) is 42.5 Å². The largest absolute Gasteiger partial charge is 0.497 e. The van der Waals surface area contributed by atoms with E-state index in [0.29, 0.717) is 0 Å². The summed E-state index contributed by atoms with van der Waals surface area (Å²) in [5.41, 5.74) is 1.92. The van der Waals surface area contributed by atoms with Gasteiger partial charge in [-0.1, -0.05) is 11.8 Å². The Morgan fingerprint density at radius 2 is 1.91 bits per heavy atom. The first-order valence-electron chi connectivity index (χ1n) is 6.62. The van der Waals surface area contributed by atoms with Gasteiger partial charge in [-0.3, -0.25) is 10.1 Å². The van der Waals surface area contributed by atoms with Crippen LogP contribution in [0.1, 0.15) is 0 Å². The quantitative estimate of drug-likeness (QED) is 0.680. The summed E-state index contributed by atoms with van der Waals surface area (Å²) >= 11 is 2.80. The maximum atomic E-state index is 5.39. The number of anilines is 1. The van der Waals surface area contributed by atoms with Crippen molar-refractivity contribution in [1.82, 2.24) is 4.98 Å². The molecule has 4 nitrogen and oxygen atoms in total. The number of benzene rings is 2. The van der Waals surface area contributed by atoms with E-state index in [4.69, 9.17) is 9.88 Å². The van der Waals surface area contributed by atoms with Gasteiger partial charge in [0, 0.05) is 45.3 Å². The molecule has 3 aromatic rings. The molecule has 3 rings (SSSR count). The summed E-state index contributed by atoms with van der Waals surface area (Å²) in [6.45, 7) is 0. The van der Waals surface area contributed by atoms with Crippen LogP contribution in [0.15, 0.2) is 64.5 Å². The van der Waals surface area contributed by atoms with E-state index >= 15 is 0 Å². The molecule has 6 heteroatoms. The van der Waals surface area contributed by atoms with E-state index < -0.39 is 0 Å². The number of hydrogen-bond acceptors (Lipinski definition) is 6. The highest BCUT2D eigenvalue weighted by Crippen LogP contribution is 2.34. The Bertz CT molecular complexity index is 778. The molecule has 2 aromatic carbocycles. The first-order valence-corrected chi connectivity index (χ1v) is 8.32. The highest BCUT2D eigenvalue weighted by Gasteiger charge is 2.05. The van der Waals surface area contributed by atoms with Crippen LogP contribution in [0.25, 0.3) is 10.9 Å². The van der Waals surface area contributed by atoms with Crippen LogP contribution in [0.3, 0.4) is 0 Å². The molecule has 0 amide bonds. The summed E-state index contributed by atoms with van der Waals surface area (Å²) < 4.78 is 8.25. The molecule has 22 heavy (non-hydrogen) atoms. The minimum absolute atomic E-state index is 0.817. The Balaban J connectivity index is 1.90. The lowest BCUT2D eigenvalue weighted by Gasteiger charge is -2.08. The maximum Gasteiger partial charge on any atom is 0.121 e.